The van der Waals surface area contributed by atoms with Crippen molar-refractivity contribution in [2.24, 2.45) is 5.92 Å². The fourth-order valence-electron chi connectivity index (χ4n) is 2.25. The lowest BCUT2D eigenvalue weighted by atomic mass is 10.1. The predicted octanol–water partition coefficient (Wildman–Crippen LogP) is 3.80. The van der Waals surface area contributed by atoms with Gasteiger partial charge in [-0.1, -0.05) is 26.0 Å². The van der Waals surface area contributed by atoms with Gasteiger partial charge in [-0.2, -0.15) is 0 Å². The van der Waals surface area contributed by atoms with Gasteiger partial charge in [-0.3, -0.25) is 4.98 Å². The molecule has 0 spiro atoms. The quantitative estimate of drug-likeness (QED) is 0.762. The van der Waals surface area contributed by atoms with Gasteiger partial charge in [0.05, 0.1) is 5.52 Å². The van der Waals surface area contributed by atoms with Crippen LogP contribution in [0.15, 0.2) is 36.5 Å². The maximum absolute atomic E-state index is 4.35. The highest BCUT2D eigenvalue weighted by Crippen LogP contribution is 2.14. The second-order valence-electron chi connectivity index (χ2n) is 5.59. The Morgan fingerprint density at radius 3 is 2.89 bits per heavy atom. The third kappa shape index (κ3) is 4.64. The molecule has 2 rings (SSSR count). The molecule has 0 amide bonds. The van der Waals surface area contributed by atoms with E-state index in [1.165, 1.54) is 23.8 Å². The Bertz CT molecular complexity index is 505. The van der Waals surface area contributed by atoms with Crippen LogP contribution in [0.2, 0.25) is 0 Å². The summed E-state index contributed by atoms with van der Waals surface area (Å²) in [6, 6.07) is 10.7. The third-order valence-electron chi connectivity index (χ3n) is 3.29. The summed E-state index contributed by atoms with van der Waals surface area (Å²) < 4.78 is 0. The van der Waals surface area contributed by atoms with Crippen molar-refractivity contribution in [1.29, 1.82) is 0 Å². The van der Waals surface area contributed by atoms with E-state index in [0.29, 0.717) is 0 Å². The van der Waals surface area contributed by atoms with Gasteiger partial charge in [0.2, 0.25) is 0 Å². The van der Waals surface area contributed by atoms with E-state index in [-0.39, 0.29) is 0 Å². The van der Waals surface area contributed by atoms with Crippen molar-refractivity contribution in [3.63, 3.8) is 0 Å². The van der Waals surface area contributed by atoms with Gasteiger partial charge < -0.3 is 5.32 Å². The van der Waals surface area contributed by atoms with E-state index in [4.69, 9.17) is 0 Å². The molecule has 1 N–H and O–H groups in total. The molecule has 2 nitrogen and oxygen atoms in total. The minimum absolute atomic E-state index is 0.744. The van der Waals surface area contributed by atoms with Gasteiger partial charge in [0, 0.05) is 11.6 Å². The maximum atomic E-state index is 4.35. The summed E-state index contributed by atoms with van der Waals surface area (Å²) in [4.78, 5) is 4.35. The number of fused-ring (bicyclic) bond motifs is 1. The van der Waals surface area contributed by atoms with Crippen molar-refractivity contribution in [2.75, 3.05) is 13.1 Å². The van der Waals surface area contributed by atoms with E-state index >= 15 is 0 Å². The van der Waals surface area contributed by atoms with Crippen LogP contribution in [0.4, 0.5) is 0 Å². The molecule has 0 aliphatic heterocycles. The van der Waals surface area contributed by atoms with E-state index in [2.05, 4.69) is 48.4 Å². The van der Waals surface area contributed by atoms with Crippen LogP contribution in [-0.4, -0.2) is 18.1 Å². The van der Waals surface area contributed by atoms with Crippen LogP contribution in [-0.2, 0) is 6.42 Å². The number of nitrogens with zero attached hydrogens (tertiary/aromatic N) is 1. The predicted molar refractivity (Wildman–Crippen MR) is 82.4 cm³/mol. The molecule has 1 aromatic carbocycles. The molecule has 1 heterocycles. The summed E-state index contributed by atoms with van der Waals surface area (Å²) in [5.41, 5.74) is 2.51. The molecule has 0 bridgehead atoms. The Morgan fingerprint density at radius 1 is 1.16 bits per heavy atom. The summed E-state index contributed by atoms with van der Waals surface area (Å²) in [7, 11) is 0. The molecule has 0 saturated carbocycles. The summed E-state index contributed by atoms with van der Waals surface area (Å²) in [5, 5.41) is 4.74. The lowest BCUT2D eigenvalue weighted by Crippen LogP contribution is -2.20. The van der Waals surface area contributed by atoms with Gasteiger partial charge in [0.1, 0.15) is 0 Å². The largest absolute Gasteiger partial charge is 0.316 e. The van der Waals surface area contributed by atoms with Gasteiger partial charge in [-0.05, 0) is 62.0 Å². The lowest BCUT2D eigenvalue weighted by molar-refractivity contribution is 0.535. The van der Waals surface area contributed by atoms with Crippen molar-refractivity contribution in [2.45, 2.75) is 33.1 Å². The topological polar surface area (TPSA) is 24.9 Å². The molecule has 0 unspecified atom stereocenters. The van der Waals surface area contributed by atoms with Crippen LogP contribution >= 0.6 is 0 Å². The van der Waals surface area contributed by atoms with Gasteiger partial charge in [0.15, 0.2) is 0 Å². The first-order chi connectivity index (χ1) is 9.25. The fourth-order valence-corrected chi connectivity index (χ4v) is 2.25. The first-order valence-corrected chi connectivity index (χ1v) is 7.30. The van der Waals surface area contributed by atoms with Gasteiger partial charge in [0.25, 0.3) is 0 Å². The number of benzene rings is 1. The number of pyridine rings is 1. The molecule has 0 atom stereocenters. The molecule has 19 heavy (non-hydrogen) atoms. The van der Waals surface area contributed by atoms with Crippen LogP contribution < -0.4 is 5.32 Å². The smallest absolute Gasteiger partial charge is 0.0702 e. The normalized spacial score (nSPS) is 11.3. The van der Waals surface area contributed by atoms with Crippen LogP contribution in [0.5, 0.6) is 0 Å². The zero-order chi connectivity index (χ0) is 13.5. The molecule has 0 fully saturated rings. The second-order valence-corrected chi connectivity index (χ2v) is 5.59. The number of nitrogens with one attached hydrogen (secondary N) is 1. The summed E-state index contributed by atoms with van der Waals surface area (Å²) in [6.45, 7) is 6.75. The molecule has 2 heteroatoms. The fraction of sp³-hybridized carbons (Fsp3) is 0.471. The highest BCUT2D eigenvalue weighted by Gasteiger charge is 1.98. The summed E-state index contributed by atoms with van der Waals surface area (Å²) in [6.07, 6.45) is 5.51. The number of rotatable bonds is 7. The average molecular weight is 256 g/mol. The number of aromatic nitrogens is 1. The molecule has 0 radical (unpaired) electrons. The van der Waals surface area contributed by atoms with Crippen LogP contribution in [0.1, 0.15) is 32.3 Å². The monoisotopic (exact) mass is 256 g/mol. The Morgan fingerprint density at radius 2 is 2.05 bits per heavy atom. The summed E-state index contributed by atoms with van der Waals surface area (Å²) >= 11 is 0. The highest BCUT2D eigenvalue weighted by atomic mass is 14.8. The first-order valence-electron chi connectivity index (χ1n) is 7.30. The minimum Gasteiger partial charge on any atom is -0.316 e. The lowest BCUT2D eigenvalue weighted by Gasteiger charge is -2.07. The zero-order valence-electron chi connectivity index (χ0n) is 12.0. The maximum Gasteiger partial charge on any atom is 0.0702 e. The van der Waals surface area contributed by atoms with Crippen molar-refractivity contribution in [3.8, 4) is 0 Å². The number of hydrogen-bond donors (Lipinski definition) is 1. The van der Waals surface area contributed by atoms with Crippen LogP contribution in [0.3, 0.4) is 0 Å². The van der Waals surface area contributed by atoms with E-state index < -0.39 is 0 Å². The highest BCUT2D eigenvalue weighted by molar-refractivity contribution is 5.78. The standard InChI is InChI=1S/C17H24N2/c1-14(2)13-18-10-4-3-6-15-8-9-17-16(12-15)7-5-11-19-17/h5,7-9,11-12,14,18H,3-4,6,10,13H2,1-2H3. The first kappa shape index (κ1) is 14.0. The Labute approximate surface area is 116 Å². The van der Waals surface area contributed by atoms with Crippen LogP contribution in [0, 0.1) is 5.92 Å². The molecular weight excluding hydrogens is 232 g/mol. The van der Waals surface area contributed by atoms with E-state index in [1.54, 1.807) is 0 Å². The van der Waals surface area contributed by atoms with E-state index in [9.17, 15) is 0 Å². The number of hydrogen-bond acceptors (Lipinski definition) is 2. The van der Waals surface area contributed by atoms with E-state index in [1.807, 2.05) is 12.3 Å². The molecule has 2 aromatic rings. The Balaban J connectivity index is 1.75. The van der Waals surface area contributed by atoms with Gasteiger partial charge >= 0.3 is 0 Å². The van der Waals surface area contributed by atoms with Gasteiger partial charge in [-0.25, -0.2) is 0 Å². The van der Waals surface area contributed by atoms with E-state index in [0.717, 1.165) is 30.9 Å². The molecule has 0 aliphatic carbocycles. The molecule has 1 aromatic heterocycles. The minimum atomic E-state index is 0.744. The second kappa shape index (κ2) is 7.25. The average Bonchev–Trinajstić information content (AvgIpc) is 2.42. The zero-order valence-corrected chi connectivity index (χ0v) is 12.0. The Hall–Kier alpha value is -1.41. The number of unbranched alkanes of at least 4 members (excludes halogenated alkanes) is 1. The third-order valence-corrected chi connectivity index (χ3v) is 3.29. The SMILES string of the molecule is CC(C)CNCCCCc1ccc2ncccc2c1. The van der Waals surface area contributed by atoms with Crippen molar-refractivity contribution < 1.29 is 0 Å². The van der Waals surface area contributed by atoms with Crippen molar-refractivity contribution in [1.82, 2.24) is 10.3 Å². The molecule has 102 valence electrons. The van der Waals surface area contributed by atoms with Gasteiger partial charge in [-0.15, -0.1) is 0 Å². The Kier molecular flexibility index (Phi) is 5.34. The van der Waals surface area contributed by atoms with Crippen molar-refractivity contribution in [3.05, 3.63) is 42.1 Å². The molecule has 0 saturated heterocycles. The molecular formula is C17H24N2. The summed E-state index contributed by atoms with van der Waals surface area (Å²) in [5.74, 6) is 0.744. The van der Waals surface area contributed by atoms with Crippen LogP contribution in [0.25, 0.3) is 10.9 Å². The van der Waals surface area contributed by atoms with Crippen molar-refractivity contribution >= 4 is 10.9 Å². The number of aryl methyl sites for hydroxylation is 1. The molecule has 0 aliphatic rings.